The molecule has 0 saturated carbocycles. The lowest BCUT2D eigenvalue weighted by atomic mass is 9.88. The molecule has 0 aromatic heterocycles. The van der Waals surface area contributed by atoms with E-state index in [1.54, 1.807) is 0 Å². The number of nitrogens with one attached hydrogen (secondary N) is 1. The maximum absolute atomic E-state index is 9.77. The zero-order chi connectivity index (χ0) is 11.4. The van der Waals surface area contributed by atoms with Gasteiger partial charge in [-0.2, -0.15) is 0 Å². The number of hydrogen-bond acceptors (Lipinski definition) is 2. The van der Waals surface area contributed by atoms with Crippen LogP contribution in [0.4, 0.5) is 0 Å². The van der Waals surface area contributed by atoms with E-state index in [2.05, 4.69) is 46.9 Å². The highest BCUT2D eigenvalue weighted by molar-refractivity contribution is 4.78. The molecule has 0 bridgehead atoms. The highest BCUT2D eigenvalue weighted by Crippen LogP contribution is 2.18. The lowest BCUT2D eigenvalue weighted by molar-refractivity contribution is 0.103. The fourth-order valence-corrected chi connectivity index (χ4v) is 1.08. The van der Waals surface area contributed by atoms with Crippen molar-refractivity contribution in [2.45, 2.75) is 60.1 Å². The molecule has 0 rings (SSSR count). The van der Waals surface area contributed by atoms with Crippen LogP contribution in [-0.2, 0) is 0 Å². The van der Waals surface area contributed by atoms with Gasteiger partial charge < -0.3 is 10.4 Å². The normalized spacial score (nSPS) is 19.1. The van der Waals surface area contributed by atoms with E-state index in [0.717, 1.165) is 6.42 Å². The molecule has 0 aliphatic carbocycles. The minimum absolute atomic E-state index is 0.218. The van der Waals surface area contributed by atoms with E-state index in [1.807, 2.05) is 0 Å². The Labute approximate surface area is 89.1 Å². The summed E-state index contributed by atoms with van der Waals surface area (Å²) in [5.41, 5.74) is 0.259. The fourth-order valence-electron chi connectivity index (χ4n) is 1.08. The molecular weight excluding hydrogens is 174 g/mol. The molecular formula is C12H27NO. The Balaban J connectivity index is 3.83. The summed E-state index contributed by atoms with van der Waals surface area (Å²) < 4.78 is 0. The zero-order valence-corrected chi connectivity index (χ0v) is 10.6. The van der Waals surface area contributed by atoms with E-state index in [0.29, 0.717) is 18.5 Å². The lowest BCUT2D eigenvalue weighted by Gasteiger charge is -2.30. The average Bonchev–Trinajstić information content (AvgIpc) is 2.10. The standard InChI is InChI=1S/C12H27NO/c1-7-9(2)11(14)8-13-10(3)12(4,5)6/h9-11,13-14H,7-8H2,1-6H3. The van der Waals surface area contributed by atoms with Gasteiger partial charge in [-0.1, -0.05) is 41.0 Å². The molecule has 2 N–H and O–H groups in total. The van der Waals surface area contributed by atoms with Crippen molar-refractivity contribution in [2.24, 2.45) is 11.3 Å². The van der Waals surface area contributed by atoms with E-state index in [1.165, 1.54) is 0 Å². The van der Waals surface area contributed by atoms with Crippen LogP contribution < -0.4 is 5.32 Å². The first kappa shape index (κ1) is 13.9. The Morgan fingerprint density at radius 1 is 1.21 bits per heavy atom. The van der Waals surface area contributed by atoms with E-state index in [4.69, 9.17) is 0 Å². The topological polar surface area (TPSA) is 32.3 Å². The number of aliphatic hydroxyl groups excluding tert-OH is 1. The molecule has 2 heteroatoms. The molecule has 2 nitrogen and oxygen atoms in total. The molecule has 3 unspecified atom stereocenters. The number of aliphatic hydroxyl groups is 1. The summed E-state index contributed by atoms with van der Waals surface area (Å²) in [5.74, 6) is 0.384. The Hall–Kier alpha value is -0.0800. The molecule has 0 saturated heterocycles. The van der Waals surface area contributed by atoms with E-state index in [9.17, 15) is 5.11 Å². The van der Waals surface area contributed by atoms with Crippen LogP contribution in [0.3, 0.4) is 0 Å². The molecule has 0 aromatic rings. The van der Waals surface area contributed by atoms with Gasteiger partial charge in [-0.25, -0.2) is 0 Å². The Kier molecular flexibility index (Phi) is 5.68. The molecule has 3 atom stereocenters. The van der Waals surface area contributed by atoms with Gasteiger partial charge in [0.15, 0.2) is 0 Å². The Morgan fingerprint density at radius 2 is 1.71 bits per heavy atom. The summed E-state index contributed by atoms with van der Waals surface area (Å²) >= 11 is 0. The summed E-state index contributed by atoms with van der Waals surface area (Å²) in [7, 11) is 0. The molecule has 0 spiro atoms. The van der Waals surface area contributed by atoms with Crippen molar-refractivity contribution in [3.63, 3.8) is 0 Å². The third-order valence-electron chi connectivity index (χ3n) is 3.23. The third kappa shape index (κ3) is 4.97. The highest BCUT2D eigenvalue weighted by atomic mass is 16.3. The molecule has 14 heavy (non-hydrogen) atoms. The van der Waals surface area contributed by atoms with Gasteiger partial charge in [0, 0.05) is 12.6 Å². The van der Waals surface area contributed by atoms with Gasteiger partial charge in [0.2, 0.25) is 0 Å². The minimum atomic E-state index is -0.218. The van der Waals surface area contributed by atoms with Crippen LogP contribution in [-0.4, -0.2) is 23.8 Å². The zero-order valence-electron chi connectivity index (χ0n) is 10.6. The number of rotatable bonds is 5. The molecule has 0 radical (unpaired) electrons. The first-order valence-corrected chi connectivity index (χ1v) is 5.70. The second-order valence-electron chi connectivity index (χ2n) is 5.45. The second-order valence-corrected chi connectivity index (χ2v) is 5.45. The second kappa shape index (κ2) is 5.72. The summed E-state index contributed by atoms with van der Waals surface area (Å²) in [5, 5.41) is 13.2. The SMILES string of the molecule is CCC(C)C(O)CNC(C)C(C)(C)C. The first-order valence-electron chi connectivity index (χ1n) is 5.70. The highest BCUT2D eigenvalue weighted by Gasteiger charge is 2.21. The predicted octanol–water partition coefficient (Wildman–Crippen LogP) is 2.42. The van der Waals surface area contributed by atoms with Crippen LogP contribution in [0.1, 0.15) is 48.0 Å². The molecule has 0 aliphatic rings. The predicted molar refractivity (Wildman–Crippen MR) is 62.4 cm³/mol. The minimum Gasteiger partial charge on any atom is -0.392 e. The third-order valence-corrected chi connectivity index (χ3v) is 3.23. The van der Waals surface area contributed by atoms with Crippen molar-refractivity contribution in [3.05, 3.63) is 0 Å². The van der Waals surface area contributed by atoms with Crippen LogP contribution in [0.2, 0.25) is 0 Å². The van der Waals surface area contributed by atoms with Crippen LogP contribution in [0, 0.1) is 11.3 Å². The Bertz CT molecular complexity index is 151. The van der Waals surface area contributed by atoms with Crippen LogP contribution in [0.5, 0.6) is 0 Å². The van der Waals surface area contributed by atoms with Crippen molar-refractivity contribution < 1.29 is 5.11 Å². The summed E-state index contributed by atoms with van der Waals surface area (Å²) in [4.78, 5) is 0. The van der Waals surface area contributed by atoms with Crippen molar-refractivity contribution in [1.82, 2.24) is 5.32 Å². The largest absolute Gasteiger partial charge is 0.392 e. The van der Waals surface area contributed by atoms with Crippen molar-refractivity contribution in [2.75, 3.05) is 6.54 Å². The van der Waals surface area contributed by atoms with E-state index in [-0.39, 0.29) is 11.5 Å². The monoisotopic (exact) mass is 201 g/mol. The van der Waals surface area contributed by atoms with E-state index >= 15 is 0 Å². The van der Waals surface area contributed by atoms with Gasteiger partial charge in [0.1, 0.15) is 0 Å². The quantitative estimate of drug-likeness (QED) is 0.716. The summed E-state index contributed by atoms with van der Waals surface area (Å²) in [6.07, 6.45) is 0.817. The van der Waals surface area contributed by atoms with Gasteiger partial charge in [-0.15, -0.1) is 0 Å². The average molecular weight is 201 g/mol. The molecule has 0 aliphatic heterocycles. The van der Waals surface area contributed by atoms with Gasteiger partial charge in [-0.05, 0) is 18.3 Å². The first-order chi connectivity index (χ1) is 6.29. The molecule has 0 fully saturated rings. The van der Waals surface area contributed by atoms with Gasteiger partial charge in [0.05, 0.1) is 6.10 Å². The smallest absolute Gasteiger partial charge is 0.0690 e. The fraction of sp³-hybridized carbons (Fsp3) is 1.00. The molecule has 86 valence electrons. The molecule has 0 amide bonds. The lowest BCUT2D eigenvalue weighted by Crippen LogP contribution is -2.42. The van der Waals surface area contributed by atoms with Crippen molar-refractivity contribution >= 4 is 0 Å². The van der Waals surface area contributed by atoms with Crippen molar-refractivity contribution in [1.29, 1.82) is 0 Å². The summed E-state index contributed by atoms with van der Waals surface area (Å²) in [6.45, 7) is 13.7. The van der Waals surface area contributed by atoms with Gasteiger partial charge in [-0.3, -0.25) is 0 Å². The summed E-state index contributed by atoms with van der Waals surface area (Å²) in [6, 6.07) is 0.432. The maximum Gasteiger partial charge on any atom is 0.0690 e. The number of hydrogen-bond donors (Lipinski definition) is 2. The Morgan fingerprint density at radius 3 is 2.07 bits per heavy atom. The molecule has 0 heterocycles. The van der Waals surface area contributed by atoms with Crippen LogP contribution in [0.25, 0.3) is 0 Å². The van der Waals surface area contributed by atoms with Crippen molar-refractivity contribution in [3.8, 4) is 0 Å². The van der Waals surface area contributed by atoms with Crippen LogP contribution >= 0.6 is 0 Å². The van der Waals surface area contributed by atoms with E-state index < -0.39 is 0 Å². The molecule has 0 aromatic carbocycles. The van der Waals surface area contributed by atoms with Gasteiger partial charge >= 0.3 is 0 Å². The maximum atomic E-state index is 9.77. The van der Waals surface area contributed by atoms with Gasteiger partial charge in [0.25, 0.3) is 0 Å². The van der Waals surface area contributed by atoms with Crippen LogP contribution in [0.15, 0.2) is 0 Å².